The van der Waals surface area contributed by atoms with E-state index in [1.807, 2.05) is 50.1 Å². The molecular weight excluding hydrogens is 330 g/mol. The third-order valence-electron chi connectivity index (χ3n) is 4.74. The molecule has 0 spiro atoms. The predicted molar refractivity (Wildman–Crippen MR) is 97.6 cm³/mol. The molecule has 4 heterocycles. The molecule has 0 saturated carbocycles. The van der Waals surface area contributed by atoms with E-state index in [-0.39, 0.29) is 17.9 Å². The van der Waals surface area contributed by atoms with Crippen molar-refractivity contribution in [2.45, 2.75) is 19.9 Å². The maximum atomic E-state index is 12.1. The highest BCUT2D eigenvalue weighted by Gasteiger charge is 2.34. The van der Waals surface area contributed by atoms with Crippen molar-refractivity contribution < 1.29 is 4.79 Å². The van der Waals surface area contributed by atoms with Gasteiger partial charge in [0, 0.05) is 44.0 Å². The molecule has 8 nitrogen and oxygen atoms in total. The number of anilines is 1. The van der Waals surface area contributed by atoms with E-state index in [1.54, 1.807) is 16.9 Å². The van der Waals surface area contributed by atoms with Crippen LogP contribution in [0.4, 0.5) is 5.82 Å². The van der Waals surface area contributed by atoms with E-state index in [4.69, 9.17) is 5.10 Å². The van der Waals surface area contributed by atoms with E-state index in [0.29, 0.717) is 11.5 Å². The molecule has 0 radical (unpaired) electrons. The van der Waals surface area contributed by atoms with Gasteiger partial charge in [0.2, 0.25) is 5.91 Å². The van der Waals surface area contributed by atoms with Crippen molar-refractivity contribution in [3.63, 3.8) is 0 Å². The van der Waals surface area contributed by atoms with Crippen LogP contribution in [0.25, 0.3) is 17.0 Å². The number of carbonyl (C=O) groups excluding carboxylic acids is 1. The summed E-state index contributed by atoms with van der Waals surface area (Å²) in [6.07, 6.45) is 3.47. The summed E-state index contributed by atoms with van der Waals surface area (Å²) in [5, 5.41) is 13.1. The topological polar surface area (TPSA) is 79.5 Å². The maximum absolute atomic E-state index is 12.1. The smallest absolute Gasteiger partial charge is 0.225 e. The third kappa shape index (κ3) is 2.77. The van der Waals surface area contributed by atoms with Crippen molar-refractivity contribution >= 4 is 17.4 Å². The Hall–Kier alpha value is -3.03. The average Bonchev–Trinajstić information content (AvgIpc) is 3.03. The van der Waals surface area contributed by atoms with Gasteiger partial charge in [-0.3, -0.25) is 9.78 Å². The average molecular weight is 351 g/mol. The number of amides is 1. The summed E-state index contributed by atoms with van der Waals surface area (Å²) in [6.45, 7) is 5.41. The quantitative estimate of drug-likeness (QED) is 0.708. The molecule has 1 amide bonds. The highest BCUT2D eigenvalue weighted by atomic mass is 16.2. The van der Waals surface area contributed by atoms with Crippen LogP contribution >= 0.6 is 0 Å². The van der Waals surface area contributed by atoms with Crippen LogP contribution in [0.15, 0.2) is 36.7 Å². The first-order valence-corrected chi connectivity index (χ1v) is 8.69. The van der Waals surface area contributed by atoms with Gasteiger partial charge in [-0.1, -0.05) is 13.8 Å². The van der Waals surface area contributed by atoms with E-state index in [1.165, 1.54) is 0 Å². The highest BCUT2D eigenvalue weighted by molar-refractivity contribution is 5.78. The molecule has 0 atom stereocenters. The van der Waals surface area contributed by atoms with Gasteiger partial charge in [0.15, 0.2) is 11.5 Å². The Morgan fingerprint density at radius 1 is 1.23 bits per heavy atom. The summed E-state index contributed by atoms with van der Waals surface area (Å²) in [6, 6.07) is 7.87. The van der Waals surface area contributed by atoms with Crippen LogP contribution in [-0.4, -0.2) is 61.8 Å². The SMILES string of the molecule is CC(C)C(=O)N(C)C1CN(c2ccc3nnc(-c4cccnc4)n3n2)C1. The molecule has 0 unspecified atom stereocenters. The monoisotopic (exact) mass is 351 g/mol. The zero-order valence-corrected chi connectivity index (χ0v) is 15.1. The molecule has 1 saturated heterocycles. The molecule has 3 aromatic heterocycles. The van der Waals surface area contributed by atoms with E-state index in [2.05, 4.69) is 20.1 Å². The predicted octanol–water partition coefficient (Wildman–Crippen LogP) is 1.49. The lowest BCUT2D eigenvalue weighted by Gasteiger charge is -2.44. The molecule has 4 rings (SSSR count). The minimum absolute atomic E-state index is 0.0163. The number of fused-ring (bicyclic) bond motifs is 1. The van der Waals surface area contributed by atoms with Gasteiger partial charge >= 0.3 is 0 Å². The Bertz CT molecular complexity index is 931. The summed E-state index contributed by atoms with van der Waals surface area (Å²) in [5.74, 6) is 1.71. The molecule has 1 fully saturated rings. The van der Waals surface area contributed by atoms with Crippen molar-refractivity contribution in [1.29, 1.82) is 0 Å². The van der Waals surface area contributed by atoms with Crippen molar-refractivity contribution in [2.75, 3.05) is 25.0 Å². The van der Waals surface area contributed by atoms with Gasteiger partial charge in [-0.2, -0.15) is 4.52 Å². The Balaban J connectivity index is 1.55. The molecule has 1 aliphatic heterocycles. The number of pyridine rings is 1. The zero-order chi connectivity index (χ0) is 18.3. The molecule has 8 heteroatoms. The number of likely N-dealkylation sites (N-methyl/N-ethyl adjacent to an activating group) is 1. The van der Waals surface area contributed by atoms with Crippen molar-refractivity contribution in [2.24, 2.45) is 5.92 Å². The highest BCUT2D eigenvalue weighted by Crippen LogP contribution is 2.24. The molecular formula is C18H21N7O. The van der Waals surface area contributed by atoms with E-state index in [9.17, 15) is 4.79 Å². The Morgan fingerprint density at radius 2 is 2.04 bits per heavy atom. The minimum Gasteiger partial charge on any atom is -0.351 e. The van der Waals surface area contributed by atoms with Gasteiger partial charge in [-0.05, 0) is 24.3 Å². The van der Waals surface area contributed by atoms with Gasteiger partial charge in [-0.15, -0.1) is 15.3 Å². The molecule has 0 aliphatic carbocycles. The van der Waals surface area contributed by atoms with Crippen LogP contribution in [0.2, 0.25) is 0 Å². The first-order chi connectivity index (χ1) is 12.5. The molecule has 0 aromatic carbocycles. The zero-order valence-electron chi connectivity index (χ0n) is 15.1. The van der Waals surface area contributed by atoms with E-state index in [0.717, 1.165) is 24.5 Å². The standard InChI is InChI=1S/C18H21N7O/c1-12(2)18(26)23(3)14-10-24(11-14)16-7-6-15-20-21-17(25(15)22-16)13-5-4-8-19-9-13/h4-9,12,14H,10-11H2,1-3H3. The molecule has 26 heavy (non-hydrogen) atoms. The lowest BCUT2D eigenvalue weighted by molar-refractivity contribution is -0.135. The van der Waals surface area contributed by atoms with Crippen LogP contribution < -0.4 is 4.90 Å². The van der Waals surface area contributed by atoms with Gasteiger partial charge in [0.25, 0.3) is 0 Å². The fourth-order valence-electron chi connectivity index (χ4n) is 3.10. The maximum Gasteiger partial charge on any atom is 0.225 e. The summed E-state index contributed by atoms with van der Waals surface area (Å²) in [7, 11) is 1.88. The van der Waals surface area contributed by atoms with Crippen LogP contribution in [0, 0.1) is 5.92 Å². The van der Waals surface area contributed by atoms with E-state index < -0.39 is 0 Å². The first kappa shape index (κ1) is 16.4. The third-order valence-corrected chi connectivity index (χ3v) is 4.74. The van der Waals surface area contributed by atoms with Gasteiger partial charge in [-0.25, -0.2) is 0 Å². The number of hydrogen-bond acceptors (Lipinski definition) is 6. The minimum atomic E-state index is 0.0163. The van der Waals surface area contributed by atoms with Crippen molar-refractivity contribution in [3.05, 3.63) is 36.7 Å². The summed E-state index contributed by atoms with van der Waals surface area (Å²) in [4.78, 5) is 20.3. The number of rotatable bonds is 4. The summed E-state index contributed by atoms with van der Waals surface area (Å²) in [5.41, 5.74) is 1.56. The Morgan fingerprint density at radius 3 is 2.73 bits per heavy atom. The second-order valence-corrected chi connectivity index (χ2v) is 6.89. The largest absolute Gasteiger partial charge is 0.351 e. The second-order valence-electron chi connectivity index (χ2n) is 6.89. The molecule has 0 N–H and O–H groups in total. The van der Waals surface area contributed by atoms with Gasteiger partial charge in [0.1, 0.15) is 5.82 Å². The normalized spacial score (nSPS) is 14.7. The number of carbonyl (C=O) groups is 1. The number of nitrogens with zero attached hydrogens (tertiary/aromatic N) is 7. The van der Waals surface area contributed by atoms with Crippen LogP contribution in [0.5, 0.6) is 0 Å². The number of hydrogen-bond donors (Lipinski definition) is 0. The summed E-state index contributed by atoms with van der Waals surface area (Å²) < 4.78 is 1.74. The molecule has 3 aromatic rings. The fraction of sp³-hybridized carbons (Fsp3) is 0.389. The van der Waals surface area contributed by atoms with Gasteiger partial charge in [0.05, 0.1) is 6.04 Å². The second kappa shape index (κ2) is 6.36. The fourth-order valence-corrected chi connectivity index (χ4v) is 3.10. The van der Waals surface area contributed by atoms with Crippen LogP contribution in [0.3, 0.4) is 0 Å². The Labute approximate surface area is 151 Å². The molecule has 134 valence electrons. The number of aromatic nitrogens is 5. The lowest BCUT2D eigenvalue weighted by atomic mass is 10.1. The van der Waals surface area contributed by atoms with Crippen molar-refractivity contribution in [1.82, 2.24) is 29.7 Å². The lowest BCUT2D eigenvalue weighted by Crippen LogP contribution is -2.60. The van der Waals surface area contributed by atoms with Crippen LogP contribution in [-0.2, 0) is 4.79 Å². The Kier molecular flexibility index (Phi) is 4.02. The van der Waals surface area contributed by atoms with Crippen LogP contribution in [0.1, 0.15) is 13.8 Å². The van der Waals surface area contributed by atoms with Crippen molar-refractivity contribution in [3.8, 4) is 11.4 Å². The molecule has 1 aliphatic rings. The molecule has 0 bridgehead atoms. The van der Waals surface area contributed by atoms with Gasteiger partial charge < -0.3 is 9.80 Å². The van der Waals surface area contributed by atoms with E-state index >= 15 is 0 Å². The summed E-state index contributed by atoms with van der Waals surface area (Å²) >= 11 is 0. The first-order valence-electron chi connectivity index (χ1n) is 8.69.